The smallest absolute Gasteiger partial charge is 0.338 e. The van der Waals surface area contributed by atoms with Crippen LogP contribution in [0.15, 0.2) is 36.4 Å². The Morgan fingerprint density at radius 2 is 1.89 bits per heavy atom. The Kier molecular flexibility index (Phi) is 6.78. The molecule has 0 saturated carbocycles. The SMILES string of the molecule is CCOC(=O)c1ccc(N2CCOCC2)c(NC(=O)c2cc(Cl)ccc2Cl)c1. The zero-order chi connectivity index (χ0) is 20.1. The maximum atomic E-state index is 12.8. The van der Waals surface area contributed by atoms with Crippen LogP contribution < -0.4 is 10.2 Å². The van der Waals surface area contributed by atoms with Gasteiger partial charge in [0.1, 0.15) is 0 Å². The fraction of sp³-hybridized carbons (Fsp3) is 0.300. The molecule has 0 bridgehead atoms. The first-order chi connectivity index (χ1) is 13.5. The quantitative estimate of drug-likeness (QED) is 0.728. The van der Waals surface area contributed by atoms with Crippen LogP contribution in [0.2, 0.25) is 10.0 Å². The van der Waals surface area contributed by atoms with E-state index >= 15 is 0 Å². The lowest BCUT2D eigenvalue weighted by Crippen LogP contribution is -2.36. The van der Waals surface area contributed by atoms with Crippen LogP contribution in [0.5, 0.6) is 0 Å². The lowest BCUT2D eigenvalue weighted by Gasteiger charge is -2.30. The van der Waals surface area contributed by atoms with Crippen molar-refractivity contribution in [3.05, 3.63) is 57.6 Å². The minimum atomic E-state index is -0.452. The van der Waals surface area contributed by atoms with Gasteiger partial charge >= 0.3 is 5.97 Å². The first kappa shape index (κ1) is 20.5. The van der Waals surface area contributed by atoms with Crippen molar-refractivity contribution in [1.29, 1.82) is 0 Å². The Hall–Kier alpha value is -2.28. The summed E-state index contributed by atoms with van der Waals surface area (Å²) in [6.07, 6.45) is 0. The van der Waals surface area contributed by atoms with Gasteiger partial charge in [-0.05, 0) is 43.3 Å². The topological polar surface area (TPSA) is 67.9 Å². The summed E-state index contributed by atoms with van der Waals surface area (Å²) in [7, 11) is 0. The van der Waals surface area contributed by atoms with Gasteiger partial charge < -0.3 is 19.7 Å². The van der Waals surface area contributed by atoms with Crippen LogP contribution in [0.25, 0.3) is 0 Å². The molecule has 0 spiro atoms. The molecule has 2 aromatic carbocycles. The zero-order valence-corrected chi connectivity index (χ0v) is 16.8. The number of halogens is 2. The highest BCUT2D eigenvalue weighted by Gasteiger charge is 2.20. The van der Waals surface area contributed by atoms with Crippen molar-refractivity contribution in [1.82, 2.24) is 0 Å². The van der Waals surface area contributed by atoms with Crippen molar-refractivity contribution in [3.63, 3.8) is 0 Å². The maximum Gasteiger partial charge on any atom is 0.338 e. The van der Waals surface area contributed by atoms with E-state index in [0.29, 0.717) is 42.6 Å². The highest BCUT2D eigenvalue weighted by molar-refractivity contribution is 6.36. The standard InChI is InChI=1S/C20H20Cl2N2O4/c1-2-28-20(26)13-3-6-18(24-7-9-27-10-8-24)17(11-13)23-19(25)15-12-14(21)4-5-16(15)22/h3-6,11-12H,2,7-10H2,1H3,(H,23,25). The summed E-state index contributed by atoms with van der Waals surface area (Å²) in [5.41, 5.74) is 1.89. The van der Waals surface area contributed by atoms with Gasteiger partial charge in [0.25, 0.3) is 5.91 Å². The Bertz CT molecular complexity index is 883. The van der Waals surface area contributed by atoms with Crippen molar-refractivity contribution < 1.29 is 19.1 Å². The van der Waals surface area contributed by atoms with E-state index in [1.807, 2.05) is 0 Å². The van der Waals surface area contributed by atoms with E-state index in [2.05, 4.69) is 10.2 Å². The molecular formula is C20H20Cl2N2O4. The summed E-state index contributed by atoms with van der Waals surface area (Å²) < 4.78 is 10.5. The highest BCUT2D eigenvalue weighted by Crippen LogP contribution is 2.30. The summed E-state index contributed by atoms with van der Waals surface area (Å²) in [4.78, 5) is 27.0. The molecule has 1 N–H and O–H groups in total. The number of hydrogen-bond donors (Lipinski definition) is 1. The third-order valence-electron chi connectivity index (χ3n) is 4.28. The van der Waals surface area contributed by atoms with E-state index in [0.717, 1.165) is 5.69 Å². The number of nitrogens with zero attached hydrogens (tertiary/aromatic N) is 1. The van der Waals surface area contributed by atoms with Crippen LogP contribution in [0.3, 0.4) is 0 Å². The molecule has 0 aliphatic carbocycles. The predicted octanol–water partition coefficient (Wildman–Crippen LogP) is 4.26. The number of benzene rings is 2. The molecule has 0 unspecified atom stereocenters. The Labute approximate surface area is 173 Å². The molecule has 1 saturated heterocycles. The van der Waals surface area contributed by atoms with Crippen LogP contribution in [0.1, 0.15) is 27.6 Å². The molecule has 2 aromatic rings. The number of nitrogens with one attached hydrogen (secondary N) is 1. The average Bonchev–Trinajstić information content (AvgIpc) is 2.70. The Morgan fingerprint density at radius 3 is 2.61 bits per heavy atom. The lowest BCUT2D eigenvalue weighted by atomic mass is 10.1. The minimum absolute atomic E-state index is 0.253. The lowest BCUT2D eigenvalue weighted by molar-refractivity contribution is 0.0526. The summed E-state index contributed by atoms with van der Waals surface area (Å²) in [5, 5.41) is 3.55. The van der Waals surface area contributed by atoms with Crippen molar-refractivity contribution in [2.45, 2.75) is 6.92 Å². The van der Waals surface area contributed by atoms with Crippen molar-refractivity contribution >= 4 is 46.5 Å². The van der Waals surface area contributed by atoms with Crippen molar-refractivity contribution in [3.8, 4) is 0 Å². The number of hydrogen-bond acceptors (Lipinski definition) is 5. The number of rotatable bonds is 5. The fourth-order valence-corrected chi connectivity index (χ4v) is 3.29. The number of amides is 1. The third-order valence-corrected chi connectivity index (χ3v) is 4.85. The van der Waals surface area contributed by atoms with Gasteiger partial charge in [0.15, 0.2) is 0 Å². The molecule has 0 atom stereocenters. The first-order valence-corrected chi connectivity index (χ1v) is 9.65. The van der Waals surface area contributed by atoms with Crippen LogP contribution in [0.4, 0.5) is 11.4 Å². The number of esters is 1. The molecule has 1 heterocycles. The van der Waals surface area contributed by atoms with Gasteiger partial charge in [-0.3, -0.25) is 4.79 Å². The predicted molar refractivity (Wildman–Crippen MR) is 110 cm³/mol. The van der Waals surface area contributed by atoms with Gasteiger partial charge in [-0.25, -0.2) is 4.79 Å². The average molecular weight is 423 g/mol. The largest absolute Gasteiger partial charge is 0.462 e. The molecule has 1 aliphatic rings. The van der Waals surface area contributed by atoms with E-state index < -0.39 is 11.9 Å². The van der Waals surface area contributed by atoms with Crippen LogP contribution in [-0.4, -0.2) is 44.8 Å². The molecule has 148 valence electrons. The second kappa shape index (κ2) is 9.28. The van der Waals surface area contributed by atoms with Crippen LogP contribution >= 0.6 is 23.2 Å². The molecule has 0 aromatic heterocycles. The number of carbonyl (C=O) groups is 2. The molecule has 1 fully saturated rings. The van der Waals surface area contributed by atoms with Crippen molar-refractivity contribution in [2.24, 2.45) is 0 Å². The summed E-state index contributed by atoms with van der Waals surface area (Å²) in [5.74, 6) is -0.865. The molecular weight excluding hydrogens is 403 g/mol. The first-order valence-electron chi connectivity index (χ1n) is 8.90. The monoisotopic (exact) mass is 422 g/mol. The normalized spacial score (nSPS) is 13.9. The summed E-state index contributed by atoms with van der Waals surface area (Å²) >= 11 is 12.1. The number of carbonyl (C=O) groups excluding carboxylic acids is 2. The number of morpholine rings is 1. The van der Waals surface area contributed by atoms with Crippen LogP contribution in [-0.2, 0) is 9.47 Å². The summed E-state index contributed by atoms with van der Waals surface area (Å²) in [6, 6.07) is 9.78. The molecule has 1 amide bonds. The number of anilines is 2. The van der Waals surface area contributed by atoms with Gasteiger partial charge in [0.2, 0.25) is 0 Å². The second-order valence-electron chi connectivity index (χ2n) is 6.13. The highest BCUT2D eigenvalue weighted by atomic mass is 35.5. The van der Waals surface area contributed by atoms with E-state index in [9.17, 15) is 9.59 Å². The van der Waals surface area contributed by atoms with Gasteiger partial charge in [-0.2, -0.15) is 0 Å². The minimum Gasteiger partial charge on any atom is -0.462 e. The van der Waals surface area contributed by atoms with Gasteiger partial charge in [0, 0.05) is 18.1 Å². The molecule has 8 heteroatoms. The third kappa shape index (κ3) is 4.76. The number of ether oxygens (including phenoxy) is 2. The second-order valence-corrected chi connectivity index (χ2v) is 6.97. The van der Waals surface area contributed by atoms with E-state index in [1.54, 1.807) is 37.3 Å². The van der Waals surface area contributed by atoms with E-state index in [-0.39, 0.29) is 17.2 Å². The van der Waals surface area contributed by atoms with Crippen LogP contribution in [0, 0.1) is 0 Å². The Balaban J connectivity index is 1.95. The van der Waals surface area contributed by atoms with Gasteiger partial charge in [-0.15, -0.1) is 0 Å². The summed E-state index contributed by atoms with van der Waals surface area (Å²) in [6.45, 7) is 4.55. The Morgan fingerprint density at radius 1 is 1.14 bits per heavy atom. The van der Waals surface area contributed by atoms with Crippen molar-refractivity contribution in [2.75, 3.05) is 43.1 Å². The zero-order valence-electron chi connectivity index (χ0n) is 15.3. The van der Waals surface area contributed by atoms with Gasteiger partial charge in [0.05, 0.1) is 47.3 Å². The molecule has 0 radical (unpaired) electrons. The van der Waals surface area contributed by atoms with E-state index in [1.165, 1.54) is 6.07 Å². The molecule has 3 rings (SSSR count). The maximum absolute atomic E-state index is 12.8. The molecule has 1 aliphatic heterocycles. The van der Waals surface area contributed by atoms with Gasteiger partial charge in [-0.1, -0.05) is 23.2 Å². The fourth-order valence-electron chi connectivity index (χ4n) is 2.92. The van der Waals surface area contributed by atoms with E-state index in [4.69, 9.17) is 32.7 Å². The molecule has 28 heavy (non-hydrogen) atoms. The molecule has 6 nitrogen and oxygen atoms in total.